The largest absolute Gasteiger partial charge is 0.352 e. The van der Waals surface area contributed by atoms with Crippen LogP contribution in [0.2, 0.25) is 0 Å². The number of fused-ring (bicyclic) bond motifs is 1. The van der Waals surface area contributed by atoms with Gasteiger partial charge in [0.25, 0.3) is 0 Å². The van der Waals surface area contributed by atoms with Crippen molar-refractivity contribution >= 4 is 39.2 Å². The first kappa shape index (κ1) is 23.4. The number of imidazole rings is 1. The second kappa shape index (κ2) is 9.10. The molecule has 0 saturated carbocycles. The summed E-state index contributed by atoms with van der Waals surface area (Å²) in [6, 6.07) is 8.01. The van der Waals surface area contributed by atoms with E-state index < -0.39 is 9.84 Å². The molecule has 168 valence electrons. The van der Waals surface area contributed by atoms with E-state index in [1.807, 2.05) is 42.7 Å². The normalized spacial score (nSPS) is 15.3. The molecule has 0 aliphatic carbocycles. The summed E-state index contributed by atoms with van der Waals surface area (Å²) in [5.41, 5.74) is 3.49. The van der Waals surface area contributed by atoms with Gasteiger partial charge in [-0.05, 0) is 26.5 Å². The molecule has 10 heteroatoms. The van der Waals surface area contributed by atoms with Gasteiger partial charge in [0.15, 0.2) is 17.0 Å². The number of likely N-dealkylation sites (N-methyl/N-ethyl adjacent to an activating group) is 1. The molecule has 0 bridgehead atoms. The molecule has 0 atom stereocenters. The summed E-state index contributed by atoms with van der Waals surface area (Å²) in [7, 11) is -1.01. The monoisotopic (exact) mass is 464 g/mol. The molecule has 3 heterocycles. The summed E-state index contributed by atoms with van der Waals surface area (Å²) in [5, 5.41) is 0. The molecule has 3 aromatic rings. The van der Waals surface area contributed by atoms with Crippen molar-refractivity contribution in [2.24, 2.45) is 0 Å². The molecule has 2 aromatic heterocycles. The van der Waals surface area contributed by atoms with E-state index in [4.69, 9.17) is 9.97 Å². The molecule has 0 unspecified atom stereocenters. The lowest BCUT2D eigenvalue weighted by molar-refractivity contribution is 0.312. The number of hydrogen-bond acceptors (Lipinski definition) is 7. The van der Waals surface area contributed by atoms with Gasteiger partial charge in [-0.2, -0.15) is 0 Å². The van der Waals surface area contributed by atoms with Crippen molar-refractivity contribution < 1.29 is 8.42 Å². The number of rotatable bonds is 5. The number of aryl methyl sites for hydroxylation is 3. The fourth-order valence-electron chi connectivity index (χ4n) is 3.83. The van der Waals surface area contributed by atoms with Crippen LogP contribution < -0.4 is 4.90 Å². The highest BCUT2D eigenvalue weighted by molar-refractivity contribution is 7.90. The third-order valence-corrected chi connectivity index (χ3v) is 6.49. The van der Waals surface area contributed by atoms with Gasteiger partial charge in [-0.25, -0.2) is 23.4 Å². The Morgan fingerprint density at radius 2 is 1.68 bits per heavy atom. The Morgan fingerprint density at radius 1 is 1.00 bits per heavy atom. The first-order valence-electron chi connectivity index (χ1n) is 10.1. The Kier molecular flexibility index (Phi) is 6.88. The molecule has 0 N–H and O–H groups in total. The van der Waals surface area contributed by atoms with Crippen LogP contribution in [0.3, 0.4) is 0 Å². The zero-order chi connectivity index (χ0) is 21.5. The highest BCUT2D eigenvalue weighted by Crippen LogP contribution is 2.31. The van der Waals surface area contributed by atoms with Crippen LogP contribution in [0, 0.1) is 13.8 Å². The Balaban J connectivity index is 0.00000272. The molecule has 8 nitrogen and oxygen atoms in total. The molecule has 1 fully saturated rings. The molecule has 1 aromatic carbocycles. The van der Waals surface area contributed by atoms with E-state index in [1.54, 1.807) is 0 Å². The standard InChI is InChI=1S/C21H28N6O2S.ClH/c1-15-7-5-6-8-17(15)19-24-18-20(26-11-9-25(3)10-12-26)22-16(2)23-21(18)27(19)13-14-30(4,28)29;/h5-8H,9-14H2,1-4H3;1H. The summed E-state index contributed by atoms with van der Waals surface area (Å²) in [4.78, 5) is 18.9. The number of nitrogens with zero attached hydrogens (tertiary/aromatic N) is 6. The van der Waals surface area contributed by atoms with Crippen molar-refractivity contribution in [3.63, 3.8) is 0 Å². The van der Waals surface area contributed by atoms with Crippen molar-refractivity contribution in [3.05, 3.63) is 35.7 Å². The highest BCUT2D eigenvalue weighted by atomic mass is 35.5. The summed E-state index contributed by atoms with van der Waals surface area (Å²) >= 11 is 0. The molecule has 1 aliphatic heterocycles. The van der Waals surface area contributed by atoms with Crippen LogP contribution in [-0.2, 0) is 16.4 Å². The molecule has 1 aliphatic rings. The summed E-state index contributed by atoms with van der Waals surface area (Å²) in [6.07, 6.45) is 1.26. The number of aromatic nitrogens is 4. The lowest BCUT2D eigenvalue weighted by atomic mass is 10.1. The van der Waals surface area contributed by atoms with Gasteiger partial charge >= 0.3 is 0 Å². The quantitative estimate of drug-likeness (QED) is 0.572. The maximum absolute atomic E-state index is 11.9. The smallest absolute Gasteiger partial charge is 0.166 e. The van der Waals surface area contributed by atoms with Crippen molar-refractivity contribution in [2.45, 2.75) is 20.4 Å². The van der Waals surface area contributed by atoms with E-state index in [9.17, 15) is 8.42 Å². The van der Waals surface area contributed by atoms with Crippen molar-refractivity contribution in [2.75, 3.05) is 50.1 Å². The van der Waals surface area contributed by atoms with Crippen LogP contribution in [0.15, 0.2) is 24.3 Å². The molecule has 31 heavy (non-hydrogen) atoms. The van der Waals surface area contributed by atoms with Gasteiger partial charge in [0.2, 0.25) is 0 Å². The highest BCUT2D eigenvalue weighted by Gasteiger charge is 2.24. The fourth-order valence-corrected chi connectivity index (χ4v) is 4.34. The fraction of sp³-hybridized carbons (Fsp3) is 0.476. The minimum Gasteiger partial charge on any atom is -0.352 e. The number of halogens is 1. The van der Waals surface area contributed by atoms with Gasteiger partial charge in [0.05, 0.1) is 5.75 Å². The molecular formula is C21H29ClN6O2S. The Labute approximate surface area is 189 Å². The van der Waals surface area contributed by atoms with Crippen molar-refractivity contribution in [1.29, 1.82) is 0 Å². The van der Waals surface area contributed by atoms with Crippen LogP contribution in [0.25, 0.3) is 22.6 Å². The van der Waals surface area contributed by atoms with Crippen LogP contribution in [0.4, 0.5) is 5.82 Å². The summed E-state index contributed by atoms with van der Waals surface area (Å²) < 4.78 is 25.8. The van der Waals surface area contributed by atoms with Gasteiger partial charge < -0.3 is 14.4 Å². The van der Waals surface area contributed by atoms with E-state index in [-0.39, 0.29) is 18.2 Å². The average molecular weight is 465 g/mol. The van der Waals surface area contributed by atoms with E-state index in [2.05, 4.69) is 21.8 Å². The first-order valence-corrected chi connectivity index (χ1v) is 12.2. The van der Waals surface area contributed by atoms with Crippen LogP contribution in [0.1, 0.15) is 11.4 Å². The second-order valence-electron chi connectivity index (χ2n) is 8.09. The zero-order valence-corrected chi connectivity index (χ0v) is 20.0. The van der Waals surface area contributed by atoms with E-state index in [0.717, 1.165) is 54.5 Å². The number of hydrogen-bond donors (Lipinski definition) is 0. The third kappa shape index (κ3) is 4.99. The predicted molar refractivity (Wildman–Crippen MR) is 127 cm³/mol. The molecular weight excluding hydrogens is 436 g/mol. The Hall–Kier alpha value is -2.23. The van der Waals surface area contributed by atoms with Crippen LogP contribution >= 0.6 is 12.4 Å². The van der Waals surface area contributed by atoms with Gasteiger partial charge in [-0.15, -0.1) is 12.4 Å². The van der Waals surface area contributed by atoms with Gasteiger partial charge in [0, 0.05) is 44.5 Å². The lowest BCUT2D eigenvalue weighted by Crippen LogP contribution is -2.45. The van der Waals surface area contributed by atoms with Crippen LogP contribution in [0.5, 0.6) is 0 Å². The van der Waals surface area contributed by atoms with Gasteiger partial charge in [0.1, 0.15) is 21.5 Å². The topological polar surface area (TPSA) is 84.2 Å². The van der Waals surface area contributed by atoms with E-state index in [1.165, 1.54) is 6.26 Å². The third-order valence-electron chi connectivity index (χ3n) is 5.56. The summed E-state index contributed by atoms with van der Waals surface area (Å²) in [6.45, 7) is 7.88. The molecule has 0 radical (unpaired) electrons. The number of benzene rings is 1. The summed E-state index contributed by atoms with van der Waals surface area (Å²) in [5.74, 6) is 2.26. The SMILES string of the molecule is Cc1nc(N2CCN(C)CC2)c2nc(-c3ccccc3C)n(CCS(C)(=O)=O)c2n1.Cl. The minimum absolute atomic E-state index is 0. The Morgan fingerprint density at radius 3 is 2.32 bits per heavy atom. The maximum atomic E-state index is 11.9. The number of piperazine rings is 1. The van der Waals surface area contributed by atoms with Crippen molar-refractivity contribution in [3.8, 4) is 11.4 Å². The van der Waals surface area contributed by atoms with E-state index >= 15 is 0 Å². The maximum Gasteiger partial charge on any atom is 0.166 e. The first-order chi connectivity index (χ1) is 14.2. The van der Waals surface area contributed by atoms with Crippen LogP contribution in [-0.4, -0.2) is 78.1 Å². The number of sulfone groups is 1. The van der Waals surface area contributed by atoms with Gasteiger partial charge in [-0.1, -0.05) is 24.3 Å². The lowest BCUT2D eigenvalue weighted by Gasteiger charge is -2.33. The number of anilines is 1. The van der Waals surface area contributed by atoms with Crippen molar-refractivity contribution in [1.82, 2.24) is 24.4 Å². The molecule has 0 spiro atoms. The van der Waals surface area contributed by atoms with E-state index in [0.29, 0.717) is 18.0 Å². The molecule has 4 rings (SSSR count). The minimum atomic E-state index is -3.13. The Bertz CT molecular complexity index is 1190. The average Bonchev–Trinajstić information content (AvgIpc) is 3.04. The second-order valence-corrected chi connectivity index (χ2v) is 10.3. The van der Waals surface area contributed by atoms with Gasteiger partial charge in [-0.3, -0.25) is 0 Å². The predicted octanol–water partition coefficient (Wildman–Crippen LogP) is 2.33. The molecule has 1 saturated heterocycles. The zero-order valence-electron chi connectivity index (χ0n) is 18.4. The molecule has 0 amide bonds.